The van der Waals surface area contributed by atoms with Crippen LogP contribution in [0.1, 0.15) is 12.5 Å². The molecule has 0 aliphatic rings. The van der Waals surface area contributed by atoms with Crippen molar-refractivity contribution in [1.29, 1.82) is 0 Å². The molecule has 0 aliphatic heterocycles. The van der Waals surface area contributed by atoms with Crippen molar-refractivity contribution in [3.8, 4) is 11.5 Å². The highest BCUT2D eigenvalue weighted by atomic mass is 127. The van der Waals surface area contributed by atoms with E-state index in [0.29, 0.717) is 26.3 Å². The van der Waals surface area contributed by atoms with E-state index in [9.17, 15) is 0 Å². The Labute approximate surface area is 149 Å². The fourth-order valence-corrected chi connectivity index (χ4v) is 1.78. The smallest absolute Gasteiger partial charge is 0.191 e. The Kier molecular flexibility index (Phi) is 11.7. The molecule has 1 aromatic carbocycles. The highest BCUT2D eigenvalue weighted by Gasteiger charge is 2.06. The second-order valence-corrected chi connectivity index (χ2v) is 4.26. The van der Waals surface area contributed by atoms with Gasteiger partial charge in [-0.3, -0.25) is 4.99 Å². The molecular weight excluding hydrogens is 397 g/mol. The summed E-state index contributed by atoms with van der Waals surface area (Å²) in [5.74, 6) is 2.23. The minimum absolute atomic E-state index is 0. The Morgan fingerprint density at radius 2 is 1.95 bits per heavy atom. The quantitative estimate of drug-likeness (QED) is 0.290. The number of halogens is 1. The Hall–Kier alpha value is -1.22. The average Bonchev–Trinajstić information content (AvgIpc) is 2.51. The zero-order valence-corrected chi connectivity index (χ0v) is 16.0. The molecule has 0 heterocycles. The normalized spacial score (nSPS) is 10.6. The molecule has 0 amide bonds. The van der Waals surface area contributed by atoms with E-state index in [1.807, 2.05) is 25.1 Å². The lowest BCUT2D eigenvalue weighted by Gasteiger charge is -2.14. The highest BCUT2D eigenvalue weighted by molar-refractivity contribution is 14.0. The Morgan fingerprint density at radius 3 is 2.55 bits per heavy atom. The van der Waals surface area contributed by atoms with E-state index in [1.165, 1.54) is 0 Å². The van der Waals surface area contributed by atoms with Crippen LogP contribution in [0.25, 0.3) is 0 Å². The summed E-state index contributed by atoms with van der Waals surface area (Å²) in [6.45, 7) is 4.55. The third kappa shape index (κ3) is 7.17. The first kappa shape index (κ1) is 20.8. The van der Waals surface area contributed by atoms with Crippen molar-refractivity contribution < 1.29 is 14.2 Å². The third-order valence-corrected chi connectivity index (χ3v) is 2.81. The predicted octanol–water partition coefficient (Wildman–Crippen LogP) is 2.02. The van der Waals surface area contributed by atoms with E-state index in [2.05, 4.69) is 15.6 Å². The second kappa shape index (κ2) is 12.3. The molecule has 0 atom stereocenters. The van der Waals surface area contributed by atoms with E-state index in [0.717, 1.165) is 23.0 Å². The van der Waals surface area contributed by atoms with Crippen molar-refractivity contribution >= 4 is 29.9 Å². The van der Waals surface area contributed by atoms with Gasteiger partial charge in [0.05, 0.1) is 20.3 Å². The summed E-state index contributed by atoms with van der Waals surface area (Å²) >= 11 is 0. The number of hydrogen-bond donors (Lipinski definition) is 2. The first-order valence-electron chi connectivity index (χ1n) is 6.98. The second-order valence-electron chi connectivity index (χ2n) is 4.26. The molecule has 0 radical (unpaired) electrons. The molecule has 22 heavy (non-hydrogen) atoms. The maximum atomic E-state index is 5.57. The molecule has 0 spiro atoms. The van der Waals surface area contributed by atoms with E-state index >= 15 is 0 Å². The fraction of sp³-hybridized carbons (Fsp3) is 0.533. The van der Waals surface area contributed by atoms with Crippen LogP contribution in [0.4, 0.5) is 0 Å². The van der Waals surface area contributed by atoms with E-state index < -0.39 is 0 Å². The number of nitrogens with zero attached hydrogens (tertiary/aromatic N) is 1. The topological polar surface area (TPSA) is 64.1 Å². The van der Waals surface area contributed by atoms with Crippen LogP contribution >= 0.6 is 24.0 Å². The Morgan fingerprint density at radius 1 is 1.18 bits per heavy atom. The summed E-state index contributed by atoms with van der Waals surface area (Å²) in [6.07, 6.45) is 0. The monoisotopic (exact) mass is 423 g/mol. The summed E-state index contributed by atoms with van der Waals surface area (Å²) in [4.78, 5) is 4.15. The minimum atomic E-state index is 0. The maximum absolute atomic E-state index is 5.57. The molecule has 1 aromatic rings. The third-order valence-electron chi connectivity index (χ3n) is 2.81. The summed E-state index contributed by atoms with van der Waals surface area (Å²) in [6, 6.07) is 5.87. The fourth-order valence-electron chi connectivity index (χ4n) is 1.78. The number of guanidine groups is 1. The van der Waals surface area contributed by atoms with Gasteiger partial charge in [-0.2, -0.15) is 0 Å². The molecule has 0 aromatic heterocycles. The van der Waals surface area contributed by atoms with Gasteiger partial charge in [-0.15, -0.1) is 24.0 Å². The summed E-state index contributed by atoms with van der Waals surface area (Å²) < 4.78 is 15.8. The molecule has 0 saturated carbocycles. The standard InChI is InChI=1S/C15H25N3O3.HI/c1-5-21-14-10-12(6-7-13(14)20-4)11-18-15(16-2)17-8-9-19-3;/h6-7,10H,5,8-9,11H2,1-4H3,(H2,16,17,18);1H. The van der Waals surface area contributed by atoms with Crippen LogP contribution in [-0.2, 0) is 11.3 Å². The van der Waals surface area contributed by atoms with Crippen LogP contribution in [0.2, 0.25) is 0 Å². The zero-order valence-electron chi connectivity index (χ0n) is 13.6. The SMILES string of the molecule is CCOc1cc(CNC(=NC)NCCOC)ccc1OC.I. The van der Waals surface area contributed by atoms with Gasteiger partial charge in [-0.25, -0.2) is 0 Å². The summed E-state index contributed by atoms with van der Waals surface area (Å²) in [7, 11) is 5.05. The van der Waals surface area contributed by atoms with Gasteiger partial charge in [0.1, 0.15) is 0 Å². The van der Waals surface area contributed by atoms with Gasteiger partial charge < -0.3 is 24.8 Å². The van der Waals surface area contributed by atoms with Gasteiger partial charge >= 0.3 is 0 Å². The van der Waals surface area contributed by atoms with Gasteiger partial charge in [-0.1, -0.05) is 6.07 Å². The van der Waals surface area contributed by atoms with Gasteiger partial charge in [0.25, 0.3) is 0 Å². The molecule has 0 aliphatic carbocycles. The Balaban J connectivity index is 0.00000441. The van der Waals surface area contributed by atoms with Crippen LogP contribution in [0.15, 0.2) is 23.2 Å². The lowest BCUT2D eigenvalue weighted by molar-refractivity contribution is 0.203. The number of rotatable bonds is 8. The van der Waals surface area contributed by atoms with Crippen molar-refractivity contribution in [2.45, 2.75) is 13.5 Å². The van der Waals surface area contributed by atoms with Gasteiger partial charge in [-0.05, 0) is 24.6 Å². The molecule has 0 unspecified atom stereocenters. The van der Waals surface area contributed by atoms with Crippen molar-refractivity contribution in [3.63, 3.8) is 0 Å². The largest absolute Gasteiger partial charge is 0.493 e. The number of hydrogen-bond acceptors (Lipinski definition) is 4. The molecule has 0 saturated heterocycles. The summed E-state index contributed by atoms with van der Waals surface area (Å²) in [5.41, 5.74) is 1.09. The lowest BCUT2D eigenvalue weighted by atomic mass is 10.2. The molecule has 6 nitrogen and oxygen atoms in total. The first-order chi connectivity index (χ1) is 10.2. The number of methoxy groups -OCH3 is 2. The number of aliphatic imine (C=N–C) groups is 1. The molecule has 2 N–H and O–H groups in total. The highest BCUT2D eigenvalue weighted by Crippen LogP contribution is 2.27. The van der Waals surface area contributed by atoms with Crippen molar-refractivity contribution in [3.05, 3.63) is 23.8 Å². The molecule has 0 bridgehead atoms. The van der Waals surface area contributed by atoms with Crippen LogP contribution in [0.3, 0.4) is 0 Å². The van der Waals surface area contributed by atoms with E-state index in [4.69, 9.17) is 14.2 Å². The van der Waals surface area contributed by atoms with Crippen molar-refractivity contribution in [1.82, 2.24) is 10.6 Å². The first-order valence-corrected chi connectivity index (χ1v) is 6.98. The molecule has 0 fully saturated rings. The van der Waals surface area contributed by atoms with Crippen LogP contribution in [0.5, 0.6) is 11.5 Å². The summed E-state index contributed by atoms with van der Waals surface area (Å²) in [5, 5.41) is 6.40. The minimum Gasteiger partial charge on any atom is -0.493 e. The number of nitrogens with one attached hydrogen (secondary N) is 2. The molecule has 126 valence electrons. The van der Waals surface area contributed by atoms with Crippen molar-refractivity contribution in [2.24, 2.45) is 4.99 Å². The number of benzene rings is 1. The lowest BCUT2D eigenvalue weighted by Crippen LogP contribution is -2.38. The van der Waals surface area contributed by atoms with Crippen LogP contribution in [-0.4, -0.2) is 47.0 Å². The van der Waals surface area contributed by atoms with Crippen LogP contribution < -0.4 is 20.1 Å². The van der Waals surface area contributed by atoms with Gasteiger partial charge in [0, 0.05) is 27.2 Å². The predicted molar refractivity (Wildman–Crippen MR) is 99.7 cm³/mol. The van der Waals surface area contributed by atoms with Gasteiger partial charge in [0.2, 0.25) is 0 Å². The molecular formula is C15H26IN3O3. The maximum Gasteiger partial charge on any atom is 0.191 e. The van der Waals surface area contributed by atoms with Gasteiger partial charge in [0.15, 0.2) is 17.5 Å². The van der Waals surface area contributed by atoms with Crippen LogP contribution in [0, 0.1) is 0 Å². The average molecular weight is 423 g/mol. The Bertz CT molecular complexity index is 456. The number of ether oxygens (including phenoxy) is 3. The van der Waals surface area contributed by atoms with E-state index in [1.54, 1.807) is 21.3 Å². The molecule has 7 heteroatoms. The van der Waals surface area contributed by atoms with Crippen molar-refractivity contribution in [2.75, 3.05) is 41.0 Å². The van der Waals surface area contributed by atoms with E-state index in [-0.39, 0.29) is 24.0 Å². The molecule has 1 rings (SSSR count). The zero-order chi connectivity index (χ0) is 15.5.